The zero-order chi connectivity index (χ0) is 15.8. The highest BCUT2D eigenvalue weighted by Gasteiger charge is 2.17. The summed E-state index contributed by atoms with van der Waals surface area (Å²) in [6, 6.07) is 7.04. The number of hydrogen-bond donors (Lipinski definition) is 0. The Labute approximate surface area is 131 Å². The van der Waals surface area contributed by atoms with E-state index in [1.54, 1.807) is 24.3 Å². The maximum Gasteiger partial charge on any atom is 0.306 e. The predicted molar refractivity (Wildman–Crippen MR) is 84.1 cm³/mol. The highest BCUT2D eigenvalue weighted by Crippen LogP contribution is 2.21. The molecule has 0 heterocycles. The number of rotatable bonds is 7. The molecule has 120 valence electrons. The lowest BCUT2D eigenvalue weighted by Crippen LogP contribution is -2.21. The van der Waals surface area contributed by atoms with Gasteiger partial charge in [-0.1, -0.05) is 6.42 Å². The molecule has 0 spiro atoms. The van der Waals surface area contributed by atoms with E-state index in [2.05, 4.69) is 0 Å². The fourth-order valence-electron chi connectivity index (χ4n) is 2.62. The van der Waals surface area contributed by atoms with Crippen LogP contribution in [0.3, 0.4) is 0 Å². The van der Waals surface area contributed by atoms with Crippen molar-refractivity contribution in [3.8, 4) is 5.75 Å². The van der Waals surface area contributed by atoms with Crippen molar-refractivity contribution in [2.24, 2.45) is 0 Å². The first kappa shape index (κ1) is 16.5. The third-order valence-electron chi connectivity index (χ3n) is 3.91. The van der Waals surface area contributed by atoms with Crippen LogP contribution in [-0.2, 0) is 9.53 Å². The summed E-state index contributed by atoms with van der Waals surface area (Å²) < 4.78 is 11.0. The van der Waals surface area contributed by atoms with Gasteiger partial charge in [0.15, 0.2) is 5.78 Å². The molecule has 1 aliphatic carbocycles. The zero-order valence-electron chi connectivity index (χ0n) is 13.2. The summed E-state index contributed by atoms with van der Waals surface area (Å²) >= 11 is 0. The van der Waals surface area contributed by atoms with Crippen LogP contribution in [0, 0.1) is 0 Å². The van der Waals surface area contributed by atoms with Gasteiger partial charge in [-0.15, -0.1) is 0 Å². The quantitative estimate of drug-likeness (QED) is 0.435. The van der Waals surface area contributed by atoms with Gasteiger partial charge in [0.2, 0.25) is 0 Å². The Hall–Kier alpha value is -1.84. The largest absolute Gasteiger partial charge is 0.494 e. The first-order valence-electron chi connectivity index (χ1n) is 8.08. The molecule has 4 heteroatoms. The van der Waals surface area contributed by atoms with Crippen molar-refractivity contribution in [1.82, 2.24) is 0 Å². The minimum atomic E-state index is -0.123. The van der Waals surface area contributed by atoms with E-state index in [0.29, 0.717) is 30.8 Å². The molecule has 0 saturated heterocycles. The predicted octanol–water partition coefficient (Wildman–Crippen LogP) is 3.92. The molecule has 0 N–H and O–H groups in total. The summed E-state index contributed by atoms with van der Waals surface area (Å²) in [6.07, 6.45) is 6.75. The second kappa shape index (κ2) is 8.57. The average Bonchev–Trinajstić information content (AvgIpc) is 2.53. The van der Waals surface area contributed by atoms with E-state index >= 15 is 0 Å². The van der Waals surface area contributed by atoms with Gasteiger partial charge in [0.05, 0.1) is 6.61 Å². The van der Waals surface area contributed by atoms with Crippen molar-refractivity contribution in [3.63, 3.8) is 0 Å². The Kier molecular flexibility index (Phi) is 6.44. The number of Topliss-reactive ketones (excluding diaryl/α,β-unsaturated/α-hetero) is 1. The molecule has 0 radical (unpaired) electrons. The van der Waals surface area contributed by atoms with Gasteiger partial charge in [0.25, 0.3) is 0 Å². The minimum Gasteiger partial charge on any atom is -0.494 e. The van der Waals surface area contributed by atoms with Gasteiger partial charge < -0.3 is 9.47 Å². The molecule has 1 fully saturated rings. The average molecular weight is 304 g/mol. The topological polar surface area (TPSA) is 52.6 Å². The van der Waals surface area contributed by atoms with Crippen molar-refractivity contribution in [1.29, 1.82) is 0 Å². The Morgan fingerprint density at radius 3 is 2.41 bits per heavy atom. The maximum absolute atomic E-state index is 11.7. The molecule has 0 aliphatic heterocycles. The minimum absolute atomic E-state index is 0.0389. The van der Waals surface area contributed by atoms with Crippen molar-refractivity contribution < 1.29 is 19.1 Å². The Morgan fingerprint density at radius 1 is 1.09 bits per heavy atom. The first-order valence-corrected chi connectivity index (χ1v) is 8.08. The smallest absolute Gasteiger partial charge is 0.306 e. The molecular weight excluding hydrogens is 280 g/mol. The summed E-state index contributed by atoms with van der Waals surface area (Å²) in [5.74, 6) is 0.630. The molecule has 2 rings (SSSR count). The maximum atomic E-state index is 11.7. The number of ketones is 1. The molecule has 1 aliphatic rings. The van der Waals surface area contributed by atoms with Crippen LogP contribution in [0.25, 0.3) is 0 Å². The van der Waals surface area contributed by atoms with Gasteiger partial charge in [0.1, 0.15) is 11.9 Å². The van der Waals surface area contributed by atoms with Crippen LogP contribution in [0.15, 0.2) is 24.3 Å². The van der Waals surface area contributed by atoms with E-state index < -0.39 is 0 Å². The molecule has 4 nitrogen and oxygen atoms in total. The van der Waals surface area contributed by atoms with E-state index in [-0.39, 0.29) is 17.9 Å². The first-order chi connectivity index (χ1) is 10.6. The summed E-state index contributed by atoms with van der Waals surface area (Å²) in [5.41, 5.74) is 0.670. The lowest BCUT2D eigenvalue weighted by atomic mass is 9.98. The van der Waals surface area contributed by atoms with Gasteiger partial charge in [0, 0.05) is 12.0 Å². The van der Waals surface area contributed by atoms with Crippen LogP contribution in [0.5, 0.6) is 5.75 Å². The Bertz CT molecular complexity index is 486. The normalized spacial score (nSPS) is 15.3. The highest BCUT2D eigenvalue weighted by atomic mass is 16.5. The van der Waals surface area contributed by atoms with Gasteiger partial charge in [-0.3, -0.25) is 9.59 Å². The Balaban J connectivity index is 1.61. The van der Waals surface area contributed by atoms with Crippen LogP contribution < -0.4 is 4.74 Å². The Morgan fingerprint density at radius 2 is 1.77 bits per heavy atom. The van der Waals surface area contributed by atoms with Gasteiger partial charge in [-0.05, 0) is 63.3 Å². The van der Waals surface area contributed by atoms with E-state index in [1.165, 1.54) is 13.3 Å². The molecule has 1 aromatic rings. The fourth-order valence-corrected chi connectivity index (χ4v) is 2.62. The molecular formula is C18H24O4. The molecule has 0 atom stereocenters. The molecule has 22 heavy (non-hydrogen) atoms. The van der Waals surface area contributed by atoms with E-state index in [4.69, 9.17) is 9.47 Å². The van der Waals surface area contributed by atoms with Crippen LogP contribution >= 0.6 is 0 Å². The molecule has 1 saturated carbocycles. The fraction of sp³-hybridized carbons (Fsp3) is 0.556. The second-order valence-corrected chi connectivity index (χ2v) is 5.78. The molecule has 0 bridgehead atoms. The monoisotopic (exact) mass is 304 g/mol. The molecule has 0 unspecified atom stereocenters. The SMILES string of the molecule is CC(=O)c1ccc(OCCCC(=O)OC2CCCCC2)cc1. The zero-order valence-corrected chi connectivity index (χ0v) is 13.2. The number of ether oxygens (including phenoxy) is 2. The van der Waals surface area contributed by atoms with Crippen LogP contribution in [0.1, 0.15) is 62.2 Å². The summed E-state index contributed by atoms with van der Waals surface area (Å²) in [4.78, 5) is 22.9. The third-order valence-corrected chi connectivity index (χ3v) is 3.91. The van der Waals surface area contributed by atoms with E-state index in [0.717, 1.165) is 25.7 Å². The van der Waals surface area contributed by atoms with E-state index in [1.807, 2.05) is 0 Å². The van der Waals surface area contributed by atoms with Crippen LogP contribution in [0.4, 0.5) is 0 Å². The summed E-state index contributed by atoms with van der Waals surface area (Å²) in [7, 11) is 0. The molecule has 0 aromatic heterocycles. The number of carbonyl (C=O) groups excluding carboxylic acids is 2. The molecule has 0 amide bonds. The standard InChI is InChI=1S/C18H24O4/c1-14(19)15-9-11-16(12-10-15)21-13-5-8-18(20)22-17-6-3-2-4-7-17/h9-12,17H,2-8,13H2,1H3. The van der Waals surface area contributed by atoms with Crippen molar-refractivity contribution in [3.05, 3.63) is 29.8 Å². The van der Waals surface area contributed by atoms with Gasteiger partial charge in [-0.25, -0.2) is 0 Å². The highest BCUT2D eigenvalue weighted by molar-refractivity contribution is 5.94. The number of esters is 1. The summed E-state index contributed by atoms with van der Waals surface area (Å²) in [5, 5.41) is 0. The van der Waals surface area contributed by atoms with Crippen molar-refractivity contribution in [2.75, 3.05) is 6.61 Å². The van der Waals surface area contributed by atoms with Gasteiger partial charge in [-0.2, -0.15) is 0 Å². The number of hydrogen-bond acceptors (Lipinski definition) is 4. The third kappa shape index (κ3) is 5.51. The van der Waals surface area contributed by atoms with Crippen LogP contribution in [-0.4, -0.2) is 24.5 Å². The van der Waals surface area contributed by atoms with E-state index in [9.17, 15) is 9.59 Å². The van der Waals surface area contributed by atoms with Gasteiger partial charge >= 0.3 is 5.97 Å². The van der Waals surface area contributed by atoms with Crippen LogP contribution in [0.2, 0.25) is 0 Å². The molecule has 1 aromatic carbocycles. The van der Waals surface area contributed by atoms with Crippen molar-refractivity contribution >= 4 is 11.8 Å². The number of carbonyl (C=O) groups is 2. The number of benzene rings is 1. The lowest BCUT2D eigenvalue weighted by Gasteiger charge is -2.21. The lowest BCUT2D eigenvalue weighted by molar-refractivity contribution is -0.150. The van der Waals surface area contributed by atoms with Crippen molar-refractivity contribution in [2.45, 2.75) is 58.0 Å². The second-order valence-electron chi connectivity index (χ2n) is 5.78. The summed E-state index contributed by atoms with van der Waals surface area (Å²) in [6.45, 7) is 2.01.